The van der Waals surface area contributed by atoms with Gasteiger partial charge in [-0.3, -0.25) is 0 Å². The van der Waals surface area contributed by atoms with Gasteiger partial charge < -0.3 is 5.32 Å². The summed E-state index contributed by atoms with van der Waals surface area (Å²) in [6.07, 6.45) is 2.82. The Labute approximate surface area is 110 Å². The van der Waals surface area contributed by atoms with Crippen LogP contribution < -0.4 is 5.32 Å². The molecule has 1 aliphatic rings. The highest BCUT2D eigenvalue weighted by atomic mass is 19.1. The molecule has 1 aromatic rings. The van der Waals surface area contributed by atoms with Crippen molar-refractivity contribution < 1.29 is 4.39 Å². The molecule has 1 aliphatic carbocycles. The smallest absolute Gasteiger partial charge is 0.138 e. The third-order valence-electron chi connectivity index (χ3n) is 3.69. The maximum atomic E-state index is 14.4. The fourth-order valence-corrected chi connectivity index (χ4v) is 2.39. The molecule has 0 saturated heterocycles. The molecule has 0 spiro atoms. The number of benzene rings is 1. The Hall–Kier alpha value is -0.890. The molecule has 0 radical (unpaired) electrons. The number of alkyl halides is 1. The van der Waals surface area contributed by atoms with Crippen molar-refractivity contribution in [1.82, 2.24) is 5.32 Å². The first-order valence-corrected chi connectivity index (χ1v) is 6.95. The largest absolute Gasteiger partial charge is 0.309 e. The Bertz CT molecular complexity index is 390. The van der Waals surface area contributed by atoms with Crippen LogP contribution in [-0.4, -0.2) is 12.1 Å². The molecule has 100 valence electrons. The van der Waals surface area contributed by atoms with Gasteiger partial charge in [0, 0.05) is 12.1 Å². The molecule has 1 fully saturated rings. The monoisotopic (exact) mass is 249 g/mol. The molecule has 0 amide bonds. The van der Waals surface area contributed by atoms with Gasteiger partial charge in [-0.15, -0.1) is 0 Å². The molecule has 1 nitrogen and oxygen atoms in total. The Morgan fingerprint density at radius 1 is 1.28 bits per heavy atom. The van der Waals surface area contributed by atoms with E-state index in [1.807, 2.05) is 18.2 Å². The SMILES string of the molecule is CC(C)(C)NCC(F)c1ccccc1C1CCC1. The predicted molar refractivity (Wildman–Crippen MR) is 74.6 cm³/mol. The van der Waals surface area contributed by atoms with Crippen LogP contribution in [0.4, 0.5) is 4.39 Å². The Morgan fingerprint density at radius 3 is 2.50 bits per heavy atom. The molecule has 0 heterocycles. The summed E-state index contributed by atoms with van der Waals surface area (Å²) in [7, 11) is 0. The molecule has 1 atom stereocenters. The first-order chi connectivity index (χ1) is 8.47. The molecular weight excluding hydrogens is 225 g/mol. The number of halogens is 1. The molecule has 1 N–H and O–H groups in total. The quantitative estimate of drug-likeness (QED) is 0.836. The van der Waals surface area contributed by atoms with Crippen LogP contribution in [-0.2, 0) is 0 Å². The molecule has 0 bridgehead atoms. The van der Waals surface area contributed by atoms with Crippen molar-refractivity contribution >= 4 is 0 Å². The van der Waals surface area contributed by atoms with Crippen molar-refractivity contribution in [2.24, 2.45) is 0 Å². The molecule has 1 unspecified atom stereocenters. The highest BCUT2D eigenvalue weighted by Gasteiger charge is 2.25. The van der Waals surface area contributed by atoms with Gasteiger partial charge in [-0.05, 0) is 50.7 Å². The Morgan fingerprint density at radius 2 is 1.94 bits per heavy atom. The van der Waals surface area contributed by atoms with Crippen LogP contribution >= 0.6 is 0 Å². The van der Waals surface area contributed by atoms with E-state index < -0.39 is 6.17 Å². The molecule has 2 heteroatoms. The predicted octanol–water partition coefficient (Wildman–Crippen LogP) is 4.35. The molecule has 1 aromatic carbocycles. The third kappa shape index (κ3) is 3.32. The zero-order valence-electron chi connectivity index (χ0n) is 11.7. The topological polar surface area (TPSA) is 12.0 Å². The Balaban J connectivity index is 2.07. The van der Waals surface area contributed by atoms with E-state index in [0.717, 1.165) is 5.56 Å². The zero-order chi connectivity index (χ0) is 13.2. The summed E-state index contributed by atoms with van der Waals surface area (Å²) in [5.74, 6) is 0.592. The lowest BCUT2D eigenvalue weighted by Crippen LogP contribution is -2.38. The minimum Gasteiger partial charge on any atom is -0.309 e. The van der Waals surface area contributed by atoms with Crippen molar-refractivity contribution in [3.05, 3.63) is 35.4 Å². The molecule has 0 aromatic heterocycles. The summed E-state index contributed by atoms with van der Waals surface area (Å²) >= 11 is 0. The highest BCUT2D eigenvalue weighted by molar-refractivity contribution is 5.33. The summed E-state index contributed by atoms with van der Waals surface area (Å²) in [5.41, 5.74) is 2.08. The lowest BCUT2D eigenvalue weighted by Gasteiger charge is -2.29. The van der Waals surface area contributed by atoms with Gasteiger partial charge in [-0.1, -0.05) is 30.7 Å². The number of rotatable bonds is 4. The maximum absolute atomic E-state index is 14.4. The van der Waals surface area contributed by atoms with Crippen LogP contribution in [0.1, 0.15) is 63.3 Å². The maximum Gasteiger partial charge on any atom is 0.138 e. The van der Waals surface area contributed by atoms with E-state index in [1.54, 1.807) is 0 Å². The number of hydrogen-bond donors (Lipinski definition) is 1. The second-order valence-corrected chi connectivity index (χ2v) is 6.36. The van der Waals surface area contributed by atoms with Crippen LogP contribution in [0.3, 0.4) is 0 Å². The minimum absolute atomic E-state index is 0.0320. The van der Waals surface area contributed by atoms with Gasteiger partial charge in [-0.2, -0.15) is 0 Å². The highest BCUT2D eigenvalue weighted by Crippen LogP contribution is 2.40. The lowest BCUT2D eigenvalue weighted by molar-refractivity contribution is 0.286. The first kappa shape index (κ1) is 13.5. The van der Waals surface area contributed by atoms with E-state index in [0.29, 0.717) is 12.5 Å². The van der Waals surface area contributed by atoms with Crippen molar-refractivity contribution in [2.45, 2.75) is 57.7 Å². The first-order valence-electron chi connectivity index (χ1n) is 6.95. The zero-order valence-corrected chi connectivity index (χ0v) is 11.7. The fraction of sp³-hybridized carbons (Fsp3) is 0.625. The summed E-state index contributed by atoms with van der Waals surface area (Å²) < 4.78 is 14.4. The standard InChI is InChI=1S/C16H24FN/c1-16(2,3)18-11-15(17)14-10-5-4-9-13(14)12-7-6-8-12/h4-5,9-10,12,15,18H,6-8,11H2,1-3H3. The van der Waals surface area contributed by atoms with Gasteiger partial charge in [0.1, 0.15) is 6.17 Å². The third-order valence-corrected chi connectivity index (χ3v) is 3.69. The lowest BCUT2D eigenvalue weighted by atomic mass is 9.77. The van der Waals surface area contributed by atoms with E-state index in [9.17, 15) is 4.39 Å². The van der Waals surface area contributed by atoms with Gasteiger partial charge in [0.2, 0.25) is 0 Å². The van der Waals surface area contributed by atoms with Crippen LogP contribution in [0.2, 0.25) is 0 Å². The van der Waals surface area contributed by atoms with Gasteiger partial charge in [-0.25, -0.2) is 4.39 Å². The average molecular weight is 249 g/mol. The van der Waals surface area contributed by atoms with Crippen LogP contribution in [0.5, 0.6) is 0 Å². The normalized spacial score (nSPS) is 18.4. The molecule has 18 heavy (non-hydrogen) atoms. The molecule has 2 rings (SSSR count). The van der Waals surface area contributed by atoms with Crippen molar-refractivity contribution in [3.8, 4) is 0 Å². The van der Waals surface area contributed by atoms with Crippen LogP contribution in [0, 0.1) is 0 Å². The average Bonchev–Trinajstić information content (AvgIpc) is 2.23. The van der Waals surface area contributed by atoms with Crippen molar-refractivity contribution in [2.75, 3.05) is 6.54 Å². The van der Waals surface area contributed by atoms with Gasteiger partial charge in [0.15, 0.2) is 0 Å². The summed E-state index contributed by atoms with van der Waals surface area (Å²) in [6, 6.07) is 8.02. The van der Waals surface area contributed by atoms with E-state index in [1.165, 1.54) is 24.8 Å². The summed E-state index contributed by atoms with van der Waals surface area (Å²) in [5, 5.41) is 3.25. The molecule has 0 aliphatic heterocycles. The van der Waals surface area contributed by atoms with Crippen molar-refractivity contribution in [1.29, 1.82) is 0 Å². The number of nitrogens with one attached hydrogen (secondary N) is 1. The second kappa shape index (κ2) is 5.40. The van der Waals surface area contributed by atoms with E-state index in [2.05, 4.69) is 32.2 Å². The molecular formula is C16H24FN. The van der Waals surface area contributed by atoms with Crippen LogP contribution in [0.15, 0.2) is 24.3 Å². The van der Waals surface area contributed by atoms with E-state index in [-0.39, 0.29) is 5.54 Å². The number of hydrogen-bond acceptors (Lipinski definition) is 1. The van der Waals surface area contributed by atoms with Gasteiger partial charge >= 0.3 is 0 Å². The Kier molecular flexibility index (Phi) is 4.06. The fourth-order valence-electron chi connectivity index (χ4n) is 2.39. The van der Waals surface area contributed by atoms with Crippen LogP contribution in [0.25, 0.3) is 0 Å². The summed E-state index contributed by atoms with van der Waals surface area (Å²) in [6.45, 7) is 6.60. The van der Waals surface area contributed by atoms with Gasteiger partial charge in [0.05, 0.1) is 0 Å². The second-order valence-electron chi connectivity index (χ2n) is 6.36. The molecule has 1 saturated carbocycles. The van der Waals surface area contributed by atoms with Crippen molar-refractivity contribution in [3.63, 3.8) is 0 Å². The van der Waals surface area contributed by atoms with E-state index >= 15 is 0 Å². The minimum atomic E-state index is -0.902. The van der Waals surface area contributed by atoms with Gasteiger partial charge in [0.25, 0.3) is 0 Å². The van der Waals surface area contributed by atoms with E-state index in [4.69, 9.17) is 0 Å². The summed E-state index contributed by atoms with van der Waals surface area (Å²) in [4.78, 5) is 0.